The van der Waals surface area contributed by atoms with Crippen LogP contribution in [0.5, 0.6) is 5.75 Å². The summed E-state index contributed by atoms with van der Waals surface area (Å²) in [6.45, 7) is 0. The van der Waals surface area contributed by atoms with E-state index in [4.69, 9.17) is 4.74 Å². The molecule has 1 nitrogen and oxygen atoms in total. The van der Waals surface area contributed by atoms with Crippen LogP contribution in [0.25, 0.3) is 0 Å². The number of benzene rings is 4. The van der Waals surface area contributed by atoms with Crippen molar-refractivity contribution in [2.75, 3.05) is 7.11 Å². The summed E-state index contributed by atoms with van der Waals surface area (Å²) >= 11 is 4.42. The summed E-state index contributed by atoms with van der Waals surface area (Å²) < 4.78 is 19.4. The van der Waals surface area contributed by atoms with Crippen LogP contribution in [0.3, 0.4) is 0 Å². The molecule has 4 aromatic rings. The van der Waals surface area contributed by atoms with Gasteiger partial charge in [0.05, 0.1) is 0 Å². The molecule has 0 saturated heterocycles. The molecule has 0 aliphatic heterocycles. The van der Waals surface area contributed by atoms with E-state index in [1.807, 2.05) is 30.3 Å². The summed E-state index contributed by atoms with van der Waals surface area (Å²) in [5.74, 6) is -0.0884. The Morgan fingerprint density at radius 2 is 1.13 bits per heavy atom. The quantitative estimate of drug-likeness (QED) is 0.299. The Labute approximate surface area is 185 Å². The van der Waals surface area contributed by atoms with Crippen LogP contribution in [0.2, 0.25) is 0 Å². The summed E-state index contributed by atoms with van der Waals surface area (Å²) in [6, 6.07) is 36.9. The predicted molar refractivity (Wildman–Crippen MR) is 131 cm³/mol. The zero-order valence-electron chi connectivity index (χ0n) is 16.7. The molecule has 0 amide bonds. The van der Waals surface area contributed by atoms with E-state index < -0.39 is 5.31 Å². The van der Waals surface area contributed by atoms with Crippen LogP contribution in [0.4, 0.5) is 4.39 Å². The Bertz CT molecular complexity index is 1030. The number of rotatable bonds is 6. The van der Waals surface area contributed by atoms with E-state index in [0.717, 1.165) is 5.56 Å². The first-order chi connectivity index (χ1) is 14.6. The van der Waals surface area contributed by atoms with Gasteiger partial charge in [0, 0.05) is 0 Å². The van der Waals surface area contributed by atoms with E-state index in [1.54, 1.807) is 0 Å². The SMILES string of the molecule is COc1cc(CP(Br)(c2ccccc2)(c2ccccc2)c2ccccc2)ccc1F. The Morgan fingerprint density at radius 3 is 1.53 bits per heavy atom. The molecule has 0 atom stereocenters. The molecule has 4 heteroatoms. The molecular formula is C26H23BrFOP. The average Bonchev–Trinajstić information content (AvgIpc) is 2.82. The molecule has 0 heterocycles. The first kappa shape index (κ1) is 20.8. The molecule has 0 bridgehead atoms. The third-order valence-corrected chi connectivity index (χ3v) is 15.1. The summed E-state index contributed by atoms with van der Waals surface area (Å²) in [5, 5.41) is 0.577. The van der Waals surface area contributed by atoms with Crippen molar-refractivity contribution >= 4 is 36.7 Å². The van der Waals surface area contributed by atoms with Gasteiger partial charge in [-0.3, -0.25) is 0 Å². The van der Waals surface area contributed by atoms with Crippen molar-refractivity contribution in [3.63, 3.8) is 0 Å². The molecule has 0 fully saturated rings. The Morgan fingerprint density at radius 1 is 0.700 bits per heavy atom. The molecular weight excluding hydrogens is 458 g/mol. The summed E-state index contributed by atoms with van der Waals surface area (Å²) in [4.78, 5) is 0. The Balaban J connectivity index is 2.06. The average molecular weight is 481 g/mol. The number of ether oxygens (including phenoxy) is 1. The number of halogens is 2. The van der Waals surface area contributed by atoms with Crippen LogP contribution in [-0.2, 0) is 6.16 Å². The zero-order chi connectivity index (χ0) is 21.1. The van der Waals surface area contributed by atoms with Gasteiger partial charge in [0.2, 0.25) is 0 Å². The minimum absolute atomic E-state index is 0.263. The second-order valence-corrected chi connectivity index (χ2v) is 16.2. The second kappa shape index (κ2) is 8.34. The zero-order valence-corrected chi connectivity index (χ0v) is 19.2. The number of hydrogen-bond acceptors (Lipinski definition) is 1. The van der Waals surface area contributed by atoms with E-state index in [0.29, 0.717) is 6.16 Å². The van der Waals surface area contributed by atoms with Gasteiger partial charge in [-0.1, -0.05) is 0 Å². The first-order valence-electron chi connectivity index (χ1n) is 9.78. The normalized spacial score (nSPS) is 12.7. The van der Waals surface area contributed by atoms with E-state index >= 15 is 0 Å². The molecule has 0 aliphatic rings. The Kier molecular flexibility index (Phi) is 5.77. The molecule has 4 rings (SSSR count). The maximum absolute atomic E-state index is 14.1. The van der Waals surface area contributed by atoms with Crippen molar-refractivity contribution in [3.8, 4) is 5.75 Å². The van der Waals surface area contributed by atoms with Crippen molar-refractivity contribution in [2.45, 2.75) is 6.16 Å². The standard InChI is InChI=1S/C26H23BrFOP/c1-29-26-19-21(17-18-25(26)28)20-30(27,22-11-5-2-6-12-22,23-13-7-3-8-14-23)24-15-9-4-10-16-24/h2-19H,20H2,1H3. The third-order valence-electron chi connectivity index (χ3n) is 5.58. The van der Waals surface area contributed by atoms with Crippen molar-refractivity contribution in [3.05, 3.63) is 121 Å². The van der Waals surface area contributed by atoms with Gasteiger partial charge in [-0.25, -0.2) is 0 Å². The molecule has 0 saturated carbocycles. The topological polar surface area (TPSA) is 9.23 Å². The molecule has 0 aliphatic carbocycles. The molecule has 4 aromatic carbocycles. The van der Waals surface area contributed by atoms with Crippen molar-refractivity contribution in [1.29, 1.82) is 0 Å². The Hall–Kier alpha value is -2.48. The molecule has 152 valence electrons. The van der Waals surface area contributed by atoms with Crippen molar-refractivity contribution in [2.24, 2.45) is 0 Å². The van der Waals surface area contributed by atoms with Crippen LogP contribution in [-0.4, -0.2) is 7.11 Å². The summed E-state index contributed by atoms with van der Waals surface area (Å²) in [6.07, 6.45) is 0.695. The summed E-state index contributed by atoms with van der Waals surface area (Å²) in [7, 11) is 1.50. The minimum atomic E-state index is -3.10. The van der Waals surface area contributed by atoms with Gasteiger partial charge >= 0.3 is 185 Å². The molecule has 0 spiro atoms. The van der Waals surface area contributed by atoms with Gasteiger partial charge in [0.25, 0.3) is 0 Å². The van der Waals surface area contributed by atoms with Gasteiger partial charge in [-0.05, 0) is 0 Å². The monoisotopic (exact) mass is 480 g/mol. The first-order valence-corrected chi connectivity index (χ1v) is 14.2. The van der Waals surface area contributed by atoms with Gasteiger partial charge < -0.3 is 0 Å². The van der Waals surface area contributed by atoms with Crippen LogP contribution in [0.1, 0.15) is 5.56 Å². The maximum atomic E-state index is 14.1. The molecule has 0 unspecified atom stereocenters. The van der Waals surface area contributed by atoms with E-state index in [1.165, 1.54) is 29.1 Å². The van der Waals surface area contributed by atoms with Gasteiger partial charge in [-0.15, -0.1) is 0 Å². The number of methoxy groups -OCH3 is 1. The van der Waals surface area contributed by atoms with E-state index in [9.17, 15) is 4.39 Å². The van der Waals surface area contributed by atoms with E-state index in [2.05, 4.69) is 88.3 Å². The number of hydrogen-bond donors (Lipinski definition) is 0. The fourth-order valence-electron chi connectivity index (χ4n) is 4.08. The fourth-order valence-corrected chi connectivity index (χ4v) is 11.8. The second-order valence-electron chi connectivity index (χ2n) is 7.32. The van der Waals surface area contributed by atoms with Crippen LogP contribution >= 0.6 is 20.8 Å². The van der Waals surface area contributed by atoms with E-state index in [-0.39, 0.29) is 11.6 Å². The van der Waals surface area contributed by atoms with Gasteiger partial charge in [0.15, 0.2) is 0 Å². The summed E-state index contributed by atoms with van der Waals surface area (Å²) in [5.41, 5.74) is 1.01. The molecule has 0 aromatic heterocycles. The predicted octanol–water partition coefficient (Wildman–Crippen LogP) is 6.17. The molecule has 30 heavy (non-hydrogen) atoms. The van der Waals surface area contributed by atoms with Crippen LogP contribution in [0.15, 0.2) is 109 Å². The van der Waals surface area contributed by atoms with Crippen LogP contribution < -0.4 is 20.7 Å². The van der Waals surface area contributed by atoms with Gasteiger partial charge in [-0.2, -0.15) is 0 Å². The third kappa shape index (κ3) is 3.47. The van der Waals surface area contributed by atoms with Crippen molar-refractivity contribution in [1.82, 2.24) is 0 Å². The fraction of sp³-hybridized carbons (Fsp3) is 0.0769. The van der Waals surface area contributed by atoms with Crippen molar-refractivity contribution < 1.29 is 9.13 Å². The van der Waals surface area contributed by atoms with Crippen LogP contribution in [0, 0.1) is 5.82 Å². The van der Waals surface area contributed by atoms with Gasteiger partial charge in [0.1, 0.15) is 0 Å². The molecule has 0 radical (unpaired) electrons. The molecule has 0 N–H and O–H groups in total.